The van der Waals surface area contributed by atoms with Gasteiger partial charge in [0.25, 0.3) is 0 Å². The SMILES string of the molecule is CCNc1cc(NCC(=O)OC)nc(-c2ccccc2)n1. The minimum atomic E-state index is -0.347. The fraction of sp³-hybridized carbons (Fsp3) is 0.267. The minimum Gasteiger partial charge on any atom is -0.468 e. The van der Waals surface area contributed by atoms with Gasteiger partial charge in [-0.05, 0) is 6.92 Å². The summed E-state index contributed by atoms with van der Waals surface area (Å²) in [5, 5.41) is 6.09. The van der Waals surface area contributed by atoms with Gasteiger partial charge in [-0.2, -0.15) is 0 Å². The van der Waals surface area contributed by atoms with Crippen molar-refractivity contribution in [1.82, 2.24) is 9.97 Å². The molecule has 1 aromatic carbocycles. The molecule has 0 radical (unpaired) electrons. The lowest BCUT2D eigenvalue weighted by Gasteiger charge is -2.10. The van der Waals surface area contributed by atoms with Gasteiger partial charge >= 0.3 is 5.97 Å². The third-order valence-electron chi connectivity index (χ3n) is 2.76. The second kappa shape index (κ2) is 7.23. The van der Waals surface area contributed by atoms with Crippen LogP contribution >= 0.6 is 0 Å². The summed E-state index contributed by atoms with van der Waals surface area (Å²) < 4.78 is 4.60. The number of nitrogens with one attached hydrogen (secondary N) is 2. The van der Waals surface area contributed by atoms with Gasteiger partial charge in [0.15, 0.2) is 5.82 Å². The Morgan fingerprint density at radius 2 is 1.81 bits per heavy atom. The van der Waals surface area contributed by atoms with Crippen molar-refractivity contribution in [2.24, 2.45) is 0 Å². The van der Waals surface area contributed by atoms with E-state index >= 15 is 0 Å². The Bertz CT molecular complexity index is 602. The van der Waals surface area contributed by atoms with E-state index < -0.39 is 0 Å². The number of esters is 1. The predicted octanol–water partition coefficient (Wildman–Crippen LogP) is 2.16. The van der Waals surface area contributed by atoms with Crippen LogP contribution in [0.25, 0.3) is 11.4 Å². The average Bonchev–Trinajstić information content (AvgIpc) is 2.53. The largest absolute Gasteiger partial charge is 0.468 e. The summed E-state index contributed by atoms with van der Waals surface area (Å²) in [6, 6.07) is 11.4. The normalized spacial score (nSPS) is 10.0. The molecule has 0 spiro atoms. The zero-order valence-corrected chi connectivity index (χ0v) is 12.1. The Morgan fingerprint density at radius 3 is 2.43 bits per heavy atom. The third kappa shape index (κ3) is 4.17. The summed E-state index contributed by atoms with van der Waals surface area (Å²) in [7, 11) is 1.35. The standard InChI is InChI=1S/C15H18N4O2/c1-3-16-12-9-13(17-10-14(20)21-2)19-15(18-12)11-7-5-4-6-8-11/h4-9H,3,10H2,1-2H3,(H2,16,17,18,19). The molecule has 6 nitrogen and oxygen atoms in total. The van der Waals surface area contributed by atoms with E-state index in [1.807, 2.05) is 37.3 Å². The molecule has 110 valence electrons. The van der Waals surface area contributed by atoms with Gasteiger partial charge in [-0.15, -0.1) is 0 Å². The van der Waals surface area contributed by atoms with E-state index in [0.717, 1.165) is 12.1 Å². The first kappa shape index (κ1) is 14.8. The summed E-state index contributed by atoms with van der Waals surface area (Å²) in [5.41, 5.74) is 0.915. The number of hydrogen-bond acceptors (Lipinski definition) is 6. The van der Waals surface area contributed by atoms with Gasteiger partial charge < -0.3 is 15.4 Å². The molecule has 21 heavy (non-hydrogen) atoms. The topological polar surface area (TPSA) is 76.1 Å². The molecule has 0 bridgehead atoms. The number of aromatic nitrogens is 2. The fourth-order valence-electron chi connectivity index (χ4n) is 1.76. The van der Waals surface area contributed by atoms with E-state index in [0.29, 0.717) is 17.5 Å². The zero-order valence-electron chi connectivity index (χ0n) is 12.1. The number of rotatable bonds is 6. The maximum absolute atomic E-state index is 11.2. The van der Waals surface area contributed by atoms with Crippen LogP contribution in [0.5, 0.6) is 0 Å². The summed E-state index contributed by atoms with van der Waals surface area (Å²) >= 11 is 0. The predicted molar refractivity (Wildman–Crippen MR) is 82.1 cm³/mol. The maximum Gasteiger partial charge on any atom is 0.325 e. The quantitative estimate of drug-likeness (QED) is 0.793. The van der Waals surface area contributed by atoms with Crippen molar-refractivity contribution in [3.63, 3.8) is 0 Å². The van der Waals surface area contributed by atoms with Crippen LogP contribution in [-0.2, 0) is 9.53 Å². The Labute approximate surface area is 123 Å². The summed E-state index contributed by atoms with van der Waals surface area (Å²) in [5.74, 6) is 1.53. The van der Waals surface area contributed by atoms with Crippen molar-refractivity contribution < 1.29 is 9.53 Å². The lowest BCUT2D eigenvalue weighted by atomic mass is 10.2. The summed E-state index contributed by atoms with van der Waals surface area (Å²) in [4.78, 5) is 20.1. The van der Waals surface area contributed by atoms with Crippen LogP contribution in [0.1, 0.15) is 6.92 Å². The van der Waals surface area contributed by atoms with Crippen molar-refractivity contribution in [2.45, 2.75) is 6.92 Å². The Morgan fingerprint density at radius 1 is 1.14 bits per heavy atom. The van der Waals surface area contributed by atoms with E-state index in [-0.39, 0.29) is 12.5 Å². The van der Waals surface area contributed by atoms with E-state index in [1.54, 1.807) is 6.07 Å². The Kier molecular flexibility index (Phi) is 5.09. The smallest absolute Gasteiger partial charge is 0.325 e. The first-order valence-corrected chi connectivity index (χ1v) is 6.72. The van der Waals surface area contributed by atoms with Crippen molar-refractivity contribution in [3.8, 4) is 11.4 Å². The number of carbonyl (C=O) groups excluding carboxylic acids is 1. The molecule has 0 fully saturated rings. The monoisotopic (exact) mass is 286 g/mol. The van der Waals surface area contributed by atoms with Crippen molar-refractivity contribution in [2.75, 3.05) is 30.8 Å². The molecule has 0 aliphatic rings. The molecular formula is C15H18N4O2. The second-order valence-electron chi connectivity index (χ2n) is 4.29. The molecule has 0 saturated carbocycles. The molecule has 0 unspecified atom stereocenters. The minimum absolute atomic E-state index is 0.0628. The van der Waals surface area contributed by atoms with Gasteiger partial charge in [-0.3, -0.25) is 4.79 Å². The van der Waals surface area contributed by atoms with Crippen molar-refractivity contribution in [3.05, 3.63) is 36.4 Å². The van der Waals surface area contributed by atoms with Crippen LogP contribution in [0.15, 0.2) is 36.4 Å². The van der Waals surface area contributed by atoms with E-state index in [9.17, 15) is 4.79 Å². The van der Waals surface area contributed by atoms with Gasteiger partial charge in [0.1, 0.15) is 18.2 Å². The van der Waals surface area contributed by atoms with Crippen LogP contribution in [0.3, 0.4) is 0 Å². The van der Waals surface area contributed by atoms with Crippen LogP contribution in [0.2, 0.25) is 0 Å². The highest BCUT2D eigenvalue weighted by atomic mass is 16.5. The van der Waals surface area contributed by atoms with Gasteiger partial charge in [0.05, 0.1) is 7.11 Å². The molecule has 6 heteroatoms. The Balaban J connectivity index is 2.28. The molecule has 0 aliphatic carbocycles. The van der Waals surface area contributed by atoms with E-state index in [4.69, 9.17) is 0 Å². The number of hydrogen-bond donors (Lipinski definition) is 2. The van der Waals surface area contributed by atoms with Gasteiger partial charge in [0, 0.05) is 18.2 Å². The number of methoxy groups -OCH3 is 1. The number of benzene rings is 1. The summed E-state index contributed by atoms with van der Waals surface area (Å²) in [6.45, 7) is 2.81. The lowest BCUT2D eigenvalue weighted by Crippen LogP contribution is -2.16. The molecule has 1 aromatic heterocycles. The van der Waals surface area contributed by atoms with Crippen molar-refractivity contribution in [1.29, 1.82) is 0 Å². The van der Waals surface area contributed by atoms with Crippen molar-refractivity contribution >= 4 is 17.6 Å². The molecule has 2 rings (SSSR count). The molecule has 0 amide bonds. The zero-order chi connectivity index (χ0) is 15.1. The average molecular weight is 286 g/mol. The molecule has 0 atom stereocenters. The molecule has 0 saturated heterocycles. The molecule has 0 aliphatic heterocycles. The second-order valence-corrected chi connectivity index (χ2v) is 4.29. The Hall–Kier alpha value is -2.63. The maximum atomic E-state index is 11.2. The van der Waals surface area contributed by atoms with Gasteiger partial charge in [0.2, 0.25) is 0 Å². The lowest BCUT2D eigenvalue weighted by molar-refractivity contribution is -0.138. The molecular weight excluding hydrogens is 268 g/mol. The van der Waals surface area contributed by atoms with E-state index in [1.165, 1.54) is 7.11 Å². The number of carbonyl (C=O) groups is 1. The van der Waals surface area contributed by atoms with Crippen LogP contribution in [0, 0.1) is 0 Å². The molecule has 2 aromatic rings. The van der Waals surface area contributed by atoms with Gasteiger partial charge in [-0.25, -0.2) is 9.97 Å². The highest BCUT2D eigenvalue weighted by Gasteiger charge is 2.07. The highest BCUT2D eigenvalue weighted by molar-refractivity contribution is 5.74. The fourth-order valence-corrected chi connectivity index (χ4v) is 1.76. The first-order valence-electron chi connectivity index (χ1n) is 6.72. The van der Waals surface area contributed by atoms with Crippen LogP contribution in [-0.4, -0.2) is 36.1 Å². The molecule has 2 N–H and O–H groups in total. The van der Waals surface area contributed by atoms with Crippen LogP contribution in [0.4, 0.5) is 11.6 Å². The number of nitrogens with zero attached hydrogens (tertiary/aromatic N) is 2. The van der Waals surface area contributed by atoms with Crippen LogP contribution < -0.4 is 10.6 Å². The molecule has 1 heterocycles. The summed E-state index contributed by atoms with van der Waals surface area (Å²) in [6.07, 6.45) is 0. The number of anilines is 2. The first-order chi connectivity index (χ1) is 10.2. The third-order valence-corrected chi connectivity index (χ3v) is 2.76. The highest BCUT2D eigenvalue weighted by Crippen LogP contribution is 2.19. The number of ether oxygens (including phenoxy) is 1. The van der Waals surface area contributed by atoms with Gasteiger partial charge in [-0.1, -0.05) is 30.3 Å². The van der Waals surface area contributed by atoms with E-state index in [2.05, 4.69) is 25.3 Å².